The molecule has 192 valence electrons. The van der Waals surface area contributed by atoms with Crippen LogP contribution in [0.1, 0.15) is 74.1 Å². The normalized spacial score (nSPS) is 51.3. The first-order valence-electron chi connectivity index (χ1n) is 12.9. The summed E-state index contributed by atoms with van der Waals surface area (Å²) in [5.41, 5.74) is -2.82. The zero-order valence-corrected chi connectivity index (χ0v) is 22.4. The van der Waals surface area contributed by atoms with Gasteiger partial charge in [0, 0.05) is 30.4 Å². The van der Waals surface area contributed by atoms with Crippen molar-refractivity contribution >= 4 is 11.6 Å². The van der Waals surface area contributed by atoms with Crippen LogP contribution in [0.15, 0.2) is 0 Å². The summed E-state index contributed by atoms with van der Waals surface area (Å²) in [6.45, 7) is 14.5. The van der Waals surface area contributed by atoms with Crippen LogP contribution in [-0.4, -0.2) is 71.6 Å². The third-order valence-electron chi connectivity index (χ3n) is 10.9. The highest BCUT2D eigenvalue weighted by molar-refractivity contribution is 5.96. The van der Waals surface area contributed by atoms with Crippen molar-refractivity contribution in [2.45, 2.75) is 103 Å². The van der Waals surface area contributed by atoms with Crippen LogP contribution in [0.25, 0.3) is 0 Å². The molecule has 2 saturated heterocycles. The summed E-state index contributed by atoms with van der Waals surface area (Å²) in [5, 5.41) is 12.5. The number of hydrogen-bond donors (Lipinski definition) is 1. The fraction of sp³-hybridized carbons (Fsp3) is 0.926. The van der Waals surface area contributed by atoms with Crippen molar-refractivity contribution in [3.63, 3.8) is 0 Å². The van der Waals surface area contributed by atoms with Crippen LogP contribution < -0.4 is 0 Å². The van der Waals surface area contributed by atoms with Crippen LogP contribution in [0.5, 0.6) is 0 Å². The number of likely N-dealkylation sites (tertiary alicyclic amines) is 1. The van der Waals surface area contributed by atoms with E-state index in [1.807, 2.05) is 34.7 Å². The monoisotopic (exact) mass is 477 g/mol. The van der Waals surface area contributed by atoms with E-state index in [2.05, 4.69) is 25.7 Å². The van der Waals surface area contributed by atoms with Crippen molar-refractivity contribution in [2.24, 2.45) is 34.0 Å². The molecule has 1 spiro atoms. The first-order chi connectivity index (χ1) is 15.5. The van der Waals surface area contributed by atoms with Crippen molar-refractivity contribution < 1.29 is 28.9 Å². The van der Waals surface area contributed by atoms with Crippen molar-refractivity contribution in [3.05, 3.63) is 0 Å². The zero-order valence-electron chi connectivity index (χ0n) is 22.4. The van der Waals surface area contributed by atoms with Gasteiger partial charge in [0.25, 0.3) is 0 Å². The fourth-order valence-electron chi connectivity index (χ4n) is 9.52. The molecule has 0 unspecified atom stereocenters. The molecule has 0 amide bonds. The Morgan fingerprint density at radius 3 is 2.32 bits per heavy atom. The maximum Gasteiger partial charge on any atom is 0.213 e. The molecule has 3 aliphatic carbocycles. The van der Waals surface area contributed by atoms with Crippen LogP contribution in [0.3, 0.4) is 0 Å². The summed E-state index contributed by atoms with van der Waals surface area (Å²) < 4.78 is 19.6. The SMILES string of the molecule is CO[C@]12OC(C)(C)O[C@@H]3[C@H]4CC[C@@H]([C@@]5(C)[C@H]([C@@H]1O)C(C)(C)CCC(=O)CN5C)[C@]32C(=O)C4(C)C. The molecule has 5 rings (SSSR count). The number of methoxy groups -OCH3 is 1. The lowest BCUT2D eigenvalue weighted by Crippen LogP contribution is -2.86. The predicted molar refractivity (Wildman–Crippen MR) is 126 cm³/mol. The quantitative estimate of drug-likeness (QED) is 0.621. The molecule has 2 heterocycles. The summed E-state index contributed by atoms with van der Waals surface area (Å²) >= 11 is 0. The minimum Gasteiger partial charge on any atom is -0.387 e. The molecule has 1 N–H and O–H groups in total. The Kier molecular flexibility index (Phi) is 5.05. The van der Waals surface area contributed by atoms with E-state index in [0.717, 1.165) is 12.8 Å². The second-order valence-electron chi connectivity index (χ2n) is 13.6. The van der Waals surface area contributed by atoms with Crippen LogP contribution in [0.4, 0.5) is 0 Å². The summed E-state index contributed by atoms with van der Waals surface area (Å²) in [5.74, 6) is -2.76. The van der Waals surface area contributed by atoms with Gasteiger partial charge in [0.05, 0.1) is 12.6 Å². The van der Waals surface area contributed by atoms with E-state index in [4.69, 9.17) is 14.2 Å². The van der Waals surface area contributed by atoms with Gasteiger partial charge in [-0.05, 0) is 64.3 Å². The first-order valence-corrected chi connectivity index (χ1v) is 12.9. The standard InChI is InChI=1S/C27H43NO6/c1-22(2)13-12-15(29)14-28(8)25(7)17-11-10-16-20-26(17,21(31)23(16,3)4)27(32-9,19(30)18(22)25)34-24(5,6)33-20/h16-20,30H,10-14H2,1-9H3/t16-,17+,18-,19+,20-,25+,26-,27+/m1/s1. The summed E-state index contributed by atoms with van der Waals surface area (Å²) in [4.78, 5) is 29.7. The van der Waals surface area contributed by atoms with E-state index < -0.39 is 40.2 Å². The Bertz CT molecular complexity index is 928. The van der Waals surface area contributed by atoms with Crippen LogP contribution in [0, 0.1) is 34.0 Å². The smallest absolute Gasteiger partial charge is 0.213 e. The van der Waals surface area contributed by atoms with E-state index in [0.29, 0.717) is 19.4 Å². The number of ether oxygens (including phenoxy) is 3. The van der Waals surface area contributed by atoms with Gasteiger partial charge in [-0.2, -0.15) is 0 Å². The lowest BCUT2D eigenvalue weighted by Gasteiger charge is -2.73. The molecule has 0 radical (unpaired) electrons. The van der Waals surface area contributed by atoms with Crippen molar-refractivity contribution in [3.8, 4) is 0 Å². The Morgan fingerprint density at radius 1 is 1.06 bits per heavy atom. The number of nitrogens with zero attached hydrogens (tertiary/aromatic N) is 1. The number of fused-ring (bicyclic) bond motifs is 2. The molecule has 0 aromatic carbocycles. The number of Topliss-reactive ketones (excluding diaryl/α,β-unsaturated/α-hetero) is 2. The highest BCUT2D eigenvalue weighted by atomic mass is 16.8. The molecule has 34 heavy (non-hydrogen) atoms. The Balaban J connectivity index is 1.85. The number of hydrogen-bond acceptors (Lipinski definition) is 7. The molecular weight excluding hydrogens is 434 g/mol. The van der Waals surface area contributed by atoms with Crippen molar-refractivity contribution in [1.82, 2.24) is 4.90 Å². The van der Waals surface area contributed by atoms with Gasteiger partial charge < -0.3 is 19.3 Å². The maximum absolute atomic E-state index is 14.7. The third kappa shape index (κ3) is 2.56. The molecule has 5 fully saturated rings. The first kappa shape index (κ1) is 24.8. The van der Waals surface area contributed by atoms with Crippen molar-refractivity contribution in [1.29, 1.82) is 0 Å². The number of likely N-dealkylation sites (N-methyl/N-ethyl adjacent to an activating group) is 1. The van der Waals surface area contributed by atoms with E-state index in [9.17, 15) is 14.7 Å². The minimum atomic E-state index is -1.53. The lowest BCUT2D eigenvalue weighted by atomic mass is 9.42. The van der Waals surface area contributed by atoms with Gasteiger partial charge in [-0.15, -0.1) is 0 Å². The highest BCUT2D eigenvalue weighted by Crippen LogP contribution is 2.75. The maximum atomic E-state index is 14.7. The number of carbonyl (C=O) groups excluding carboxylic acids is 2. The summed E-state index contributed by atoms with van der Waals surface area (Å²) in [6.07, 6.45) is 1.28. The van der Waals surface area contributed by atoms with Crippen LogP contribution in [-0.2, 0) is 23.8 Å². The Hall–Kier alpha value is -0.860. The topological polar surface area (TPSA) is 85.3 Å². The van der Waals surface area contributed by atoms with Gasteiger partial charge in [-0.25, -0.2) is 0 Å². The van der Waals surface area contributed by atoms with Gasteiger partial charge in [0.2, 0.25) is 5.79 Å². The molecule has 0 aromatic heterocycles. The summed E-state index contributed by atoms with van der Waals surface area (Å²) in [7, 11) is 3.55. The van der Waals surface area contributed by atoms with E-state index in [1.165, 1.54) is 0 Å². The second-order valence-corrected chi connectivity index (χ2v) is 13.6. The molecule has 2 aliphatic heterocycles. The number of aliphatic hydroxyl groups excluding tert-OH is 1. The number of carbonyl (C=O) groups is 2. The van der Waals surface area contributed by atoms with Gasteiger partial charge in [-0.1, -0.05) is 27.7 Å². The van der Waals surface area contributed by atoms with Gasteiger partial charge in [0.15, 0.2) is 11.6 Å². The van der Waals surface area contributed by atoms with E-state index >= 15 is 0 Å². The molecule has 5 aliphatic rings. The fourth-order valence-corrected chi connectivity index (χ4v) is 9.52. The zero-order chi connectivity index (χ0) is 25.3. The predicted octanol–water partition coefficient (Wildman–Crippen LogP) is 3.17. The Labute approximate surface area is 203 Å². The molecular formula is C27H43NO6. The van der Waals surface area contributed by atoms with Crippen LogP contribution >= 0.6 is 0 Å². The largest absolute Gasteiger partial charge is 0.387 e. The molecule has 7 nitrogen and oxygen atoms in total. The molecule has 3 saturated carbocycles. The Morgan fingerprint density at radius 2 is 1.71 bits per heavy atom. The minimum absolute atomic E-state index is 0.00908. The summed E-state index contributed by atoms with van der Waals surface area (Å²) in [6, 6.07) is 0. The van der Waals surface area contributed by atoms with E-state index in [-0.39, 0.29) is 34.7 Å². The van der Waals surface area contributed by atoms with Gasteiger partial charge in [-0.3, -0.25) is 14.5 Å². The van der Waals surface area contributed by atoms with E-state index in [1.54, 1.807) is 7.11 Å². The van der Waals surface area contributed by atoms with Crippen molar-refractivity contribution in [2.75, 3.05) is 20.7 Å². The molecule has 8 atom stereocenters. The second kappa shape index (κ2) is 6.91. The van der Waals surface area contributed by atoms with Gasteiger partial charge in [0.1, 0.15) is 17.3 Å². The number of rotatable bonds is 1. The average Bonchev–Trinajstić information content (AvgIpc) is 2.82. The number of ketones is 2. The van der Waals surface area contributed by atoms with Gasteiger partial charge >= 0.3 is 0 Å². The molecule has 2 bridgehead atoms. The molecule has 0 aromatic rings. The third-order valence-corrected chi connectivity index (χ3v) is 10.9. The van der Waals surface area contributed by atoms with Crippen LogP contribution in [0.2, 0.25) is 0 Å². The lowest BCUT2D eigenvalue weighted by molar-refractivity contribution is -0.492. The number of aliphatic hydroxyl groups is 1. The molecule has 7 heteroatoms. The average molecular weight is 478 g/mol. The highest BCUT2D eigenvalue weighted by Gasteiger charge is 2.88.